The van der Waals surface area contributed by atoms with Crippen LogP contribution in [-0.2, 0) is 11.2 Å². The third-order valence-electron chi connectivity index (χ3n) is 4.45. The van der Waals surface area contributed by atoms with E-state index in [9.17, 15) is 14.7 Å². The van der Waals surface area contributed by atoms with E-state index in [2.05, 4.69) is 10.3 Å². The van der Waals surface area contributed by atoms with Crippen LogP contribution >= 0.6 is 0 Å². The number of carbonyl (C=O) groups excluding carboxylic acids is 2. The fourth-order valence-electron chi connectivity index (χ4n) is 2.66. The molecular formula is C19H25N3O3. The van der Waals surface area contributed by atoms with Crippen molar-refractivity contribution < 1.29 is 14.7 Å². The molecule has 0 aliphatic rings. The Kier molecular flexibility index (Phi) is 6.09. The second-order valence-electron chi connectivity index (χ2n) is 6.68. The molecule has 0 fully saturated rings. The van der Waals surface area contributed by atoms with Gasteiger partial charge in [0, 0.05) is 25.0 Å². The lowest BCUT2D eigenvalue weighted by Gasteiger charge is -2.31. The summed E-state index contributed by atoms with van der Waals surface area (Å²) in [6, 6.07) is 7.51. The highest BCUT2D eigenvalue weighted by atomic mass is 16.3. The van der Waals surface area contributed by atoms with E-state index in [-0.39, 0.29) is 24.2 Å². The summed E-state index contributed by atoms with van der Waals surface area (Å²) >= 11 is 0. The minimum Gasteiger partial charge on any atom is -0.389 e. The molecule has 0 unspecified atom stereocenters. The first kappa shape index (κ1) is 18.9. The van der Waals surface area contributed by atoms with E-state index < -0.39 is 5.60 Å². The second-order valence-corrected chi connectivity index (χ2v) is 6.68. The summed E-state index contributed by atoms with van der Waals surface area (Å²) in [5.41, 5.74) is 0.700. The third kappa shape index (κ3) is 5.26. The molecule has 2 rings (SSSR count). The number of nitrogens with one attached hydrogen (secondary N) is 1. The van der Waals surface area contributed by atoms with Gasteiger partial charge in [-0.2, -0.15) is 0 Å². The van der Waals surface area contributed by atoms with Gasteiger partial charge in [0.25, 0.3) is 0 Å². The molecule has 0 saturated carbocycles. The molecule has 0 bridgehead atoms. The molecule has 1 amide bonds. The fraction of sp³-hybridized carbons (Fsp3) is 0.421. The van der Waals surface area contributed by atoms with Crippen molar-refractivity contribution in [2.45, 2.75) is 45.6 Å². The fourth-order valence-corrected chi connectivity index (χ4v) is 2.66. The van der Waals surface area contributed by atoms with Crippen molar-refractivity contribution in [1.29, 1.82) is 0 Å². The zero-order valence-corrected chi connectivity index (χ0v) is 14.9. The van der Waals surface area contributed by atoms with Gasteiger partial charge in [0.05, 0.1) is 12.0 Å². The number of anilines is 1. The van der Waals surface area contributed by atoms with Crippen LogP contribution in [0.5, 0.6) is 0 Å². The van der Waals surface area contributed by atoms with E-state index in [1.54, 1.807) is 12.4 Å². The lowest BCUT2D eigenvalue weighted by Crippen LogP contribution is -2.39. The maximum Gasteiger partial charge on any atom is 0.234 e. The first-order valence-electron chi connectivity index (χ1n) is 8.40. The molecule has 1 aromatic heterocycles. The average Bonchev–Trinajstić information content (AvgIpc) is 3.08. The summed E-state index contributed by atoms with van der Waals surface area (Å²) < 4.78 is 1.40. The van der Waals surface area contributed by atoms with Crippen molar-refractivity contribution in [3.8, 4) is 0 Å². The van der Waals surface area contributed by atoms with E-state index in [0.717, 1.165) is 11.3 Å². The highest BCUT2D eigenvalue weighted by Crippen LogP contribution is 2.28. The van der Waals surface area contributed by atoms with Crippen LogP contribution in [0.4, 0.5) is 5.69 Å². The van der Waals surface area contributed by atoms with Crippen LogP contribution in [-0.4, -0.2) is 32.1 Å². The Morgan fingerprint density at radius 2 is 1.96 bits per heavy atom. The molecular weight excluding hydrogens is 318 g/mol. The molecule has 2 aromatic rings. The topological polar surface area (TPSA) is 84.2 Å². The number of imidazole rings is 1. The molecule has 6 heteroatoms. The summed E-state index contributed by atoms with van der Waals surface area (Å²) in [5.74, 6) is -0.340. The van der Waals surface area contributed by atoms with Crippen molar-refractivity contribution >= 4 is 17.5 Å². The van der Waals surface area contributed by atoms with E-state index in [0.29, 0.717) is 12.8 Å². The molecule has 1 heterocycles. The van der Waals surface area contributed by atoms with Crippen molar-refractivity contribution in [2.24, 2.45) is 5.92 Å². The second kappa shape index (κ2) is 8.07. The normalized spacial score (nSPS) is 13.5. The van der Waals surface area contributed by atoms with Gasteiger partial charge in [-0.05, 0) is 36.5 Å². The van der Waals surface area contributed by atoms with Crippen molar-refractivity contribution in [2.75, 3.05) is 5.32 Å². The smallest absolute Gasteiger partial charge is 0.234 e. The van der Waals surface area contributed by atoms with Crippen LogP contribution in [0.2, 0.25) is 0 Å². The SMILES string of the molecule is CC(=O)Nc1ccc(CC[C@](O)(CC(=O)n2ccnc2)C(C)C)cc1. The molecule has 0 aliphatic heterocycles. The number of aromatic nitrogens is 2. The van der Waals surface area contributed by atoms with Crippen molar-refractivity contribution in [3.05, 3.63) is 48.5 Å². The van der Waals surface area contributed by atoms with Crippen molar-refractivity contribution in [3.63, 3.8) is 0 Å². The minimum absolute atomic E-state index is 0.0466. The Hall–Kier alpha value is -2.47. The summed E-state index contributed by atoms with van der Waals surface area (Å²) in [5, 5.41) is 13.7. The highest BCUT2D eigenvalue weighted by molar-refractivity contribution is 5.88. The predicted molar refractivity (Wildman–Crippen MR) is 96.3 cm³/mol. The van der Waals surface area contributed by atoms with Gasteiger partial charge in [-0.25, -0.2) is 4.98 Å². The van der Waals surface area contributed by atoms with E-state index in [4.69, 9.17) is 0 Å². The van der Waals surface area contributed by atoms with Crippen LogP contribution < -0.4 is 5.32 Å². The van der Waals surface area contributed by atoms with Gasteiger partial charge in [0.1, 0.15) is 6.33 Å². The van der Waals surface area contributed by atoms with Gasteiger partial charge in [0.2, 0.25) is 11.8 Å². The predicted octanol–water partition coefficient (Wildman–Crippen LogP) is 2.89. The monoisotopic (exact) mass is 343 g/mol. The average molecular weight is 343 g/mol. The summed E-state index contributed by atoms with van der Waals surface area (Å²) in [7, 11) is 0. The van der Waals surface area contributed by atoms with Gasteiger partial charge in [0.15, 0.2) is 0 Å². The number of hydrogen-bond donors (Lipinski definition) is 2. The minimum atomic E-state index is -1.09. The number of rotatable bonds is 7. The number of benzene rings is 1. The van der Waals surface area contributed by atoms with Crippen LogP contribution in [0.3, 0.4) is 0 Å². The molecule has 6 nitrogen and oxygen atoms in total. The zero-order valence-electron chi connectivity index (χ0n) is 14.9. The lowest BCUT2D eigenvalue weighted by molar-refractivity contribution is -0.114. The Balaban J connectivity index is 2.01. The number of amides is 1. The van der Waals surface area contributed by atoms with Crippen LogP contribution in [0.1, 0.15) is 44.0 Å². The molecule has 2 N–H and O–H groups in total. The van der Waals surface area contributed by atoms with Gasteiger partial charge >= 0.3 is 0 Å². The molecule has 0 saturated heterocycles. The molecule has 0 radical (unpaired) electrons. The maximum absolute atomic E-state index is 12.3. The Bertz CT molecular complexity index is 708. The van der Waals surface area contributed by atoms with Crippen LogP contribution in [0.25, 0.3) is 0 Å². The Labute approximate surface area is 147 Å². The molecule has 1 aromatic carbocycles. The summed E-state index contributed by atoms with van der Waals surface area (Å²) in [6.07, 6.45) is 5.75. The molecule has 134 valence electrons. The third-order valence-corrected chi connectivity index (χ3v) is 4.45. The van der Waals surface area contributed by atoms with Crippen LogP contribution in [0.15, 0.2) is 43.0 Å². The van der Waals surface area contributed by atoms with E-state index >= 15 is 0 Å². The molecule has 25 heavy (non-hydrogen) atoms. The first-order valence-corrected chi connectivity index (χ1v) is 8.40. The summed E-state index contributed by atoms with van der Waals surface area (Å²) in [6.45, 7) is 5.30. The van der Waals surface area contributed by atoms with Gasteiger partial charge in [-0.3, -0.25) is 14.2 Å². The largest absolute Gasteiger partial charge is 0.389 e. The Morgan fingerprint density at radius 3 is 2.48 bits per heavy atom. The van der Waals surface area contributed by atoms with Gasteiger partial charge in [-0.15, -0.1) is 0 Å². The standard InChI is InChI=1S/C19H25N3O3/c1-14(2)19(25,12-18(24)22-11-10-20-13-22)9-8-16-4-6-17(7-5-16)21-15(3)23/h4-7,10-11,13-14,25H,8-9,12H2,1-3H3,(H,21,23)/t19-/m0/s1. The lowest BCUT2D eigenvalue weighted by atomic mass is 9.82. The highest BCUT2D eigenvalue weighted by Gasteiger charge is 2.33. The molecule has 1 atom stereocenters. The number of aryl methyl sites for hydroxylation is 1. The van der Waals surface area contributed by atoms with E-state index in [1.807, 2.05) is 38.1 Å². The maximum atomic E-state index is 12.3. The number of aliphatic hydroxyl groups is 1. The number of nitrogens with zero attached hydrogens (tertiary/aromatic N) is 2. The number of carbonyl (C=O) groups is 2. The zero-order chi connectivity index (χ0) is 18.4. The number of hydrogen-bond acceptors (Lipinski definition) is 4. The van der Waals surface area contributed by atoms with Gasteiger partial charge < -0.3 is 10.4 Å². The van der Waals surface area contributed by atoms with Crippen molar-refractivity contribution in [1.82, 2.24) is 9.55 Å². The first-order chi connectivity index (χ1) is 11.8. The Morgan fingerprint density at radius 1 is 1.28 bits per heavy atom. The van der Waals surface area contributed by atoms with Crippen LogP contribution in [0, 0.1) is 5.92 Å². The quantitative estimate of drug-likeness (QED) is 0.809. The molecule has 0 spiro atoms. The van der Waals surface area contributed by atoms with E-state index in [1.165, 1.54) is 17.8 Å². The molecule has 0 aliphatic carbocycles. The summed E-state index contributed by atoms with van der Waals surface area (Å²) in [4.78, 5) is 27.2. The van der Waals surface area contributed by atoms with Gasteiger partial charge in [-0.1, -0.05) is 26.0 Å².